The van der Waals surface area contributed by atoms with Gasteiger partial charge in [0.1, 0.15) is 0 Å². The van der Waals surface area contributed by atoms with Gasteiger partial charge in [0.25, 0.3) is 5.91 Å². The van der Waals surface area contributed by atoms with Crippen molar-refractivity contribution in [1.29, 1.82) is 0 Å². The molecule has 0 saturated carbocycles. The average Bonchev–Trinajstić information content (AvgIpc) is 3.33. The summed E-state index contributed by atoms with van der Waals surface area (Å²) in [5.41, 5.74) is 2.11. The Morgan fingerprint density at radius 1 is 1.17 bits per heavy atom. The number of nitrogens with zero attached hydrogens (tertiary/aromatic N) is 2. The molecule has 150 valence electrons. The number of pyridine rings is 1. The first-order valence-electron chi connectivity index (χ1n) is 10.3. The quantitative estimate of drug-likeness (QED) is 0.654. The zero-order valence-electron chi connectivity index (χ0n) is 16.5. The van der Waals surface area contributed by atoms with E-state index < -0.39 is 0 Å². The highest BCUT2D eigenvalue weighted by molar-refractivity contribution is 6.04. The predicted molar refractivity (Wildman–Crippen MR) is 114 cm³/mol. The summed E-state index contributed by atoms with van der Waals surface area (Å²) in [6.45, 7) is 1.96. The van der Waals surface area contributed by atoms with Crippen LogP contribution in [0.4, 0.5) is 5.69 Å². The van der Waals surface area contributed by atoms with E-state index in [1.54, 1.807) is 30.8 Å². The second kappa shape index (κ2) is 9.52. The topological polar surface area (TPSA) is 58.4 Å². The number of carbonyl (C=O) groups excluding carboxylic acids is 1. The molecule has 4 rings (SSSR count). The van der Waals surface area contributed by atoms with Crippen LogP contribution in [-0.4, -0.2) is 30.0 Å². The Morgan fingerprint density at radius 2 is 2.07 bits per heavy atom. The number of rotatable bonds is 7. The number of carbonyl (C=O) groups is 1. The normalized spacial score (nSPS) is 17.6. The standard InChI is InChI=1S/C24H27N3O2/c28-24(23-11-6-16-29-23)27(21-10-5-15-26-18-21)22(20-9-4-14-25-17-20)13-12-19-7-2-1-3-8-19/h1-3,5-8,10-11,15-16,18,20,22,25H,4,9,12-14,17H2. The minimum absolute atomic E-state index is 0.0600. The summed E-state index contributed by atoms with van der Waals surface area (Å²) in [6.07, 6.45) is 9.10. The maximum atomic E-state index is 13.5. The molecule has 0 bridgehead atoms. The molecule has 1 aliphatic heterocycles. The molecular weight excluding hydrogens is 362 g/mol. The number of nitrogens with one attached hydrogen (secondary N) is 1. The number of furan rings is 1. The van der Waals surface area contributed by atoms with Crippen molar-refractivity contribution in [3.63, 3.8) is 0 Å². The molecule has 2 aromatic heterocycles. The lowest BCUT2D eigenvalue weighted by atomic mass is 9.86. The molecule has 3 heterocycles. The van der Waals surface area contributed by atoms with Crippen molar-refractivity contribution in [3.05, 3.63) is 84.6 Å². The van der Waals surface area contributed by atoms with Gasteiger partial charge in [-0.1, -0.05) is 30.3 Å². The van der Waals surface area contributed by atoms with E-state index in [2.05, 4.69) is 34.6 Å². The first-order valence-corrected chi connectivity index (χ1v) is 10.3. The van der Waals surface area contributed by atoms with E-state index in [0.717, 1.165) is 44.5 Å². The molecule has 2 unspecified atom stereocenters. The lowest BCUT2D eigenvalue weighted by molar-refractivity contribution is 0.0934. The van der Waals surface area contributed by atoms with E-state index in [0.29, 0.717) is 11.7 Å². The summed E-state index contributed by atoms with van der Waals surface area (Å²) in [7, 11) is 0. The van der Waals surface area contributed by atoms with Gasteiger partial charge in [-0.05, 0) is 74.5 Å². The van der Waals surface area contributed by atoms with Crippen LogP contribution in [0.1, 0.15) is 35.4 Å². The van der Waals surface area contributed by atoms with E-state index in [4.69, 9.17) is 4.42 Å². The van der Waals surface area contributed by atoms with Gasteiger partial charge in [0, 0.05) is 12.2 Å². The maximum absolute atomic E-state index is 13.5. The molecule has 3 aromatic rings. The molecule has 1 N–H and O–H groups in total. The monoisotopic (exact) mass is 389 g/mol. The number of piperidine rings is 1. The Hall–Kier alpha value is -2.92. The van der Waals surface area contributed by atoms with E-state index >= 15 is 0 Å². The highest BCUT2D eigenvalue weighted by atomic mass is 16.3. The number of anilines is 1. The van der Waals surface area contributed by atoms with Crippen LogP contribution in [0.15, 0.2) is 77.7 Å². The number of aromatic nitrogens is 1. The number of hydrogen-bond acceptors (Lipinski definition) is 4. The predicted octanol–water partition coefficient (Wildman–Crippen LogP) is 4.32. The van der Waals surface area contributed by atoms with Crippen LogP contribution >= 0.6 is 0 Å². The Labute approximate surface area is 171 Å². The van der Waals surface area contributed by atoms with Gasteiger partial charge in [-0.15, -0.1) is 0 Å². The lowest BCUT2D eigenvalue weighted by Crippen LogP contribution is -2.49. The molecule has 1 fully saturated rings. The summed E-state index contributed by atoms with van der Waals surface area (Å²) < 4.78 is 5.47. The molecule has 5 nitrogen and oxygen atoms in total. The van der Waals surface area contributed by atoms with Crippen LogP contribution < -0.4 is 10.2 Å². The molecule has 29 heavy (non-hydrogen) atoms. The minimum atomic E-state index is -0.105. The summed E-state index contributed by atoms with van der Waals surface area (Å²) in [5.74, 6) is 0.639. The average molecular weight is 389 g/mol. The number of benzene rings is 1. The van der Waals surface area contributed by atoms with Crippen LogP contribution in [-0.2, 0) is 6.42 Å². The van der Waals surface area contributed by atoms with E-state index in [1.807, 2.05) is 23.1 Å². The van der Waals surface area contributed by atoms with E-state index in [1.165, 1.54) is 5.56 Å². The van der Waals surface area contributed by atoms with Crippen LogP contribution in [0.25, 0.3) is 0 Å². The first kappa shape index (κ1) is 19.4. The molecular formula is C24H27N3O2. The van der Waals surface area contributed by atoms with Gasteiger partial charge in [0.15, 0.2) is 5.76 Å². The minimum Gasteiger partial charge on any atom is -0.459 e. The van der Waals surface area contributed by atoms with Crippen molar-refractivity contribution in [2.75, 3.05) is 18.0 Å². The van der Waals surface area contributed by atoms with Gasteiger partial charge in [-0.3, -0.25) is 9.78 Å². The fourth-order valence-corrected chi connectivity index (χ4v) is 4.22. The maximum Gasteiger partial charge on any atom is 0.294 e. The third kappa shape index (κ3) is 4.74. The van der Waals surface area contributed by atoms with Crippen molar-refractivity contribution in [2.24, 2.45) is 5.92 Å². The van der Waals surface area contributed by atoms with Gasteiger partial charge in [0.05, 0.1) is 18.1 Å². The van der Waals surface area contributed by atoms with Crippen LogP contribution in [0.2, 0.25) is 0 Å². The Bertz CT molecular complexity index is 875. The van der Waals surface area contributed by atoms with Crippen LogP contribution in [0.3, 0.4) is 0 Å². The molecule has 0 spiro atoms. The highest BCUT2D eigenvalue weighted by Gasteiger charge is 2.34. The third-order valence-electron chi connectivity index (χ3n) is 5.66. The Balaban J connectivity index is 1.67. The van der Waals surface area contributed by atoms with Crippen molar-refractivity contribution in [1.82, 2.24) is 10.3 Å². The summed E-state index contributed by atoms with van der Waals surface area (Å²) in [6, 6.07) is 17.9. The molecule has 1 saturated heterocycles. The van der Waals surface area contributed by atoms with Crippen molar-refractivity contribution in [3.8, 4) is 0 Å². The van der Waals surface area contributed by atoms with Crippen molar-refractivity contribution < 1.29 is 9.21 Å². The Kier molecular flexibility index (Phi) is 6.37. The van der Waals surface area contributed by atoms with Crippen molar-refractivity contribution in [2.45, 2.75) is 31.7 Å². The first-order chi connectivity index (χ1) is 14.3. The molecule has 5 heteroatoms. The molecule has 0 aliphatic carbocycles. The fraction of sp³-hybridized carbons (Fsp3) is 0.333. The lowest BCUT2D eigenvalue weighted by Gasteiger charge is -2.38. The van der Waals surface area contributed by atoms with Crippen LogP contribution in [0, 0.1) is 5.92 Å². The van der Waals surface area contributed by atoms with Gasteiger partial charge < -0.3 is 14.6 Å². The van der Waals surface area contributed by atoms with Gasteiger partial charge in [0.2, 0.25) is 0 Å². The molecule has 1 aliphatic rings. The van der Waals surface area contributed by atoms with E-state index in [-0.39, 0.29) is 11.9 Å². The molecule has 0 radical (unpaired) electrons. The summed E-state index contributed by atoms with van der Waals surface area (Å²) >= 11 is 0. The number of amides is 1. The summed E-state index contributed by atoms with van der Waals surface area (Å²) in [5, 5.41) is 3.52. The van der Waals surface area contributed by atoms with Crippen molar-refractivity contribution >= 4 is 11.6 Å². The van der Waals surface area contributed by atoms with Gasteiger partial charge >= 0.3 is 0 Å². The fourth-order valence-electron chi connectivity index (χ4n) is 4.22. The molecule has 1 amide bonds. The van der Waals surface area contributed by atoms with Gasteiger partial charge in [-0.2, -0.15) is 0 Å². The largest absolute Gasteiger partial charge is 0.459 e. The smallest absolute Gasteiger partial charge is 0.294 e. The third-order valence-corrected chi connectivity index (χ3v) is 5.66. The van der Waals surface area contributed by atoms with Gasteiger partial charge in [-0.25, -0.2) is 0 Å². The molecule has 2 atom stereocenters. The second-order valence-corrected chi connectivity index (χ2v) is 7.56. The van der Waals surface area contributed by atoms with E-state index in [9.17, 15) is 4.79 Å². The summed E-state index contributed by atoms with van der Waals surface area (Å²) in [4.78, 5) is 19.7. The Morgan fingerprint density at radius 3 is 2.76 bits per heavy atom. The SMILES string of the molecule is O=C(c1ccco1)N(c1cccnc1)C(CCc1ccccc1)C1CCCNC1. The zero-order valence-corrected chi connectivity index (χ0v) is 16.5. The number of aryl methyl sites for hydroxylation is 1. The van der Waals surface area contributed by atoms with Crippen LogP contribution in [0.5, 0.6) is 0 Å². The second-order valence-electron chi connectivity index (χ2n) is 7.56. The highest BCUT2D eigenvalue weighted by Crippen LogP contribution is 2.29. The zero-order chi connectivity index (χ0) is 19.9. The molecule has 1 aromatic carbocycles. The number of hydrogen-bond donors (Lipinski definition) is 1.